The third-order valence-electron chi connectivity index (χ3n) is 4.47. The van der Waals surface area contributed by atoms with E-state index in [1.54, 1.807) is 4.90 Å². The van der Waals surface area contributed by atoms with E-state index in [0.29, 0.717) is 12.2 Å². The molecule has 0 radical (unpaired) electrons. The molecule has 0 unspecified atom stereocenters. The fourth-order valence-electron chi connectivity index (χ4n) is 3.25. The number of hydrogen-bond donors (Lipinski definition) is 1. The topological polar surface area (TPSA) is 41.6 Å². The fraction of sp³-hybridized carbons (Fsp3) is 0.136. The molecule has 1 aliphatic heterocycles. The predicted molar refractivity (Wildman–Crippen MR) is 104 cm³/mol. The van der Waals surface area contributed by atoms with Gasteiger partial charge in [0.25, 0.3) is 5.91 Å². The number of para-hydroxylation sites is 2. The van der Waals surface area contributed by atoms with E-state index in [9.17, 15) is 4.79 Å². The van der Waals surface area contributed by atoms with Gasteiger partial charge in [-0.2, -0.15) is 0 Å². The van der Waals surface area contributed by atoms with Crippen LogP contribution in [0.25, 0.3) is 0 Å². The van der Waals surface area contributed by atoms with Crippen molar-refractivity contribution in [3.63, 3.8) is 0 Å². The first-order valence-electron chi connectivity index (χ1n) is 8.75. The number of fused-ring (bicyclic) bond motifs is 1. The summed E-state index contributed by atoms with van der Waals surface area (Å²) in [4.78, 5) is 15.0. The molecule has 0 aliphatic carbocycles. The molecule has 3 aromatic carbocycles. The van der Waals surface area contributed by atoms with Crippen molar-refractivity contribution < 1.29 is 9.53 Å². The van der Waals surface area contributed by atoms with E-state index in [-0.39, 0.29) is 12.1 Å². The Morgan fingerprint density at radius 1 is 0.923 bits per heavy atom. The van der Waals surface area contributed by atoms with Gasteiger partial charge in [-0.3, -0.25) is 9.69 Å². The van der Waals surface area contributed by atoms with Crippen LogP contribution in [-0.4, -0.2) is 12.5 Å². The summed E-state index contributed by atoms with van der Waals surface area (Å²) in [7, 11) is 0. The summed E-state index contributed by atoms with van der Waals surface area (Å²) in [5, 5.41) is 3.51. The molecule has 1 atom stereocenters. The molecule has 1 N–H and O–H groups in total. The molecule has 4 nitrogen and oxygen atoms in total. The number of nitrogens with zero attached hydrogens (tertiary/aromatic N) is 1. The van der Waals surface area contributed by atoms with Gasteiger partial charge in [0.15, 0.2) is 0 Å². The number of nitrogens with one attached hydrogen (secondary N) is 1. The van der Waals surface area contributed by atoms with Crippen LogP contribution in [0, 0.1) is 0 Å². The molecule has 0 saturated carbocycles. The van der Waals surface area contributed by atoms with Crippen molar-refractivity contribution in [3.8, 4) is 5.75 Å². The molecule has 1 aliphatic rings. The first kappa shape index (κ1) is 16.2. The number of amides is 1. The second-order valence-corrected chi connectivity index (χ2v) is 6.11. The molecule has 1 amide bonds. The Bertz CT molecular complexity index is 907. The predicted octanol–water partition coefficient (Wildman–Crippen LogP) is 4.86. The molecule has 0 bridgehead atoms. The molecule has 4 rings (SSSR count). The zero-order valence-electron chi connectivity index (χ0n) is 14.6. The van der Waals surface area contributed by atoms with Gasteiger partial charge >= 0.3 is 0 Å². The van der Waals surface area contributed by atoms with Crippen LogP contribution in [0.15, 0.2) is 78.9 Å². The average Bonchev–Trinajstić information content (AvgIpc) is 2.69. The monoisotopic (exact) mass is 344 g/mol. The Hall–Kier alpha value is -3.27. The van der Waals surface area contributed by atoms with Crippen molar-refractivity contribution in [1.82, 2.24) is 0 Å². The van der Waals surface area contributed by atoms with Crippen LogP contribution in [0.5, 0.6) is 5.75 Å². The number of carbonyl (C=O) groups is 1. The molecule has 130 valence electrons. The number of hydrogen-bond acceptors (Lipinski definition) is 3. The Morgan fingerprint density at radius 2 is 1.62 bits per heavy atom. The van der Waals surface area contributed by atoms with Crippen molar-refractivity contribution in [3.05, 3.63) is 90.0 Å². The smallest absolute Gasteiger partial charge is 0.262 e. The van der Waals surface area contributed by atoms with Gasteiger partial charge in [0.05, 0.1) is 12.2 Å². The summed E-state index contributed by atoms with van der Waals surface area (Å²) in [6, 6.07) is 25.2. The highest BCUT2D eigenvalue weighted by Gasteiger charge is 2.33. The van der Waals surface area contributed by atoms with Crippen molar-refractivity contribution >= 4 is 17.3 Å². The molecule has 0 aromatic heterocycles. The second-order valence-electron chi connectivity index (χ2n) is 6.11. The zero-order valence-corrected chi connectivity index (χ0v) is 14.6. The van der Waals surface area contributed by atoms with E-state index in [4.69, 9.17) is 4.74 Å². The Balaban J connectivity index is 1.78. The van der Waals surface area contributed by atoms with E-state index in [2.05, 4.69) is 5.32 Å². The molecular formula is C22H20N2O2. The molecule has 1 heterocycles. The molecule has 3 aromatic rings. The fourth-order valence-corrected chi connectivity index (χ4v) is 3.25. The number of rotatable bonds is 4. The highest BCUT2D eigenvalue weighted by Crippen LogP contribution is 2.36. The molecule has 0 spiro atoms. The van der Waals surface area contributed by atoms with Crippen LogP contribution in [-0.2, 0) is 0 Å². The largest absolute Gasteiger partial charge is 0.494 e. The van der Waals surface area contributed by atoms with E-state index in [1.807, 2.05) is 85.8 Å². The Morgan fingerprint density at radius 3 is 2.35 bits per heavy atom. The summed E-state index contributed by atoms with van der Waals surface area (Å²) < 4.78 is 5.54. The summed E-state index contributed by atoms with van der Waals surface area (Å²) in [6.07, 6.45) is -0.282. The highest BCUT2D eigenvalue weighted by atomic mass is 16.5. The summed E-state index contributed by atoms with van der Waals surface area (Å²) in [5.74, 6) is 0.814. The quantitative estimate of drug-likeness (QED) is 0.735. The number of anilines is 2. The van der Waals surface area contributed by atoms with E-state index < -0.39 is 0 Å². The number of benzene rings is 3. The standard InChI is InChI=1S/C22H20N2O2/c1-2-26-18-14-12-16(13-15-18)21-23-20-11-7-6-10-19(20)22(25)24(21)17-8-4-3-5-9-17/h3-15,21,23H,2H2,1H3/t21-/m0/s1. The molecule has 0 saturated heterocycles. The lowest BCUT2D eigenvalue weighted by molar-refractivity contribution is 0.0975. The summed E-state index contributed by atoms with van der Waals surface area (Å²) in [5.41, 5.74) is 3.39. The molecule has 26 heavy (non-hydrogen) atoms. The Kier molecular flexibility index (Phi) is 4.32. The lowest BCUT2D eigenvalue weighted by atomic mass is 10.0. The van der Waals surface area contributed by atoms with Gasteiger partial charge in [-0.05, 0) is 48.9 Å². The minimum atomic E-state index is -0.282. The van der Waals surface area contributed by atoms with E-state index in [1.165, 1.54) is 0 Å². The lowest BCUT2D eigenvalue weighted by Gasteiger charge is -2.38. The van der Waals surface area contributed by atoms with Crippen molar-refractivity contribution in [2.75, 3.05) is 16.8 Å². The minimum absolute atomic E-state index is 0.00978. The van der Waals surface area contributed by atoms with Crippen molar-refractivity contribution in [1.29, 1.82) is 0 Å². The third kappa shape index (κ3) is 2.90. The summed E-state index contributed by atoms with van der Waals surface area (Å²) >= 11 is 0. The van der Waals surface area contributed by atoms with Gasteiger partial charge in [0.1, 0.15) is 11.9 Å². The van der Waals surface area contributed by atoms with Crippen LogP contribution in [0.1, 0.15) is 29.0 Å². The van der Waals surface area contributed by atoms with Crippen LogP contribution in [0.2, 0.25) is 0 Å². The van der Waals surface area contributed by atoms with Gasteiger partial charge in [-0.15, -0.1) is 0 Å². The molecule has 0 fully saturated rings. The average molecular weight is 344 g/mol. The van der Waals surface area contributed by atoms with E-state index in [0.717, 1.165) is 22.7 Å². The first-order valence-corrected chi connectivity index (χ1v) is 8.75. The maximum absolute atomic E-state index is 13.2. The normalized spacial score (nSPS) is 16.0. The molecule has 4 heteroatoms. The second kappa shape index (κ2) is 6.92. The van der Waals surface area contributed by atoms with Crippen LogP contribution < -0.4 is 15.0 Å². The maximum atomic E-state index is 13.2. The SMILES string of the molecule is CCOc1ccc([C@H]2Nc3ccccc3C(=O)N2c2ccccc2)cc1. The lowest BCUT2D eigenvalue weighted by Crippen LogP contribution is -2.43. The van der Waals surface area contributed by atoms with Gasteiger partial charge < -0.3 is 10.1 Å². The van der Waals surface area contributed by atoms with Gasteiger partial charge in [0.2, 0.25) is 0 Å². The summed E-state index contributed by atoms with van der Waals surface area (Å²) in [6.45, 7) is 2.59. The van der Waals surface area contributed by atoms with Crippen LogP contribution in [0.4, 0.5) is 11.4 Å². The van der Waals surface area contributed by atoms with Crippen LogP contribution >= 0.6 is 0 Å². The minimum Gasteiger partial charge on any atom is -0.494 e. The Labute approximate surface area is 153 Å². The van der Waals surface area contributed by atoms with Crippen molar-refractivity contribution in [2.24, 2.45) is 0 Å². The van der Waals surface area contributed by atoms with Gasteiger partial charge in [-0.25, -0.2) is 0 Å². The number of ether oxygens (including phenoxy) is 1. The highest BCUT2D eigenvalue weighted by molar-refractivity contribution is 6.12. The first-order chi connectivity index (χ1) is 12.8. The van der Waals surface area contributed by atoms with Crippen molar-refractivity contribution in [2.45, 2.75) is 13.1 Å². The zero-order chi connectivity index (χ0) is 17.9. The van der Waals surface area contributed by atoms with E-state index >= 15 is 0 Å². The maximum Gasteiger partial charge on any atom is 0.262 e. The number of carbonyl (C=O) groups excluding carboxylic acids is 1. The molecular weight excluding hydrogens is 324 g/mol. The van der Waals surface area contributed by atoms with Crippen LogP contribution in [0.3, 0.4) is 0 Å². The van der Waals surface area contributed by atoms with Gasteiger partial charge in [-0.1, -0.05) is 42.5 Å². The third-order valence-corrected chi connectivity index (χ3v) is 4.47. The van der Waals surface area contributed by atoms with Gasteiger partial charge in [0, 0.05) is 11.4 Å².